The molecule has 3 aromatic rings. The lowest BCUT2D eigenvalue weighted by Gasteiger charge is -2.26. The van der Waals surface area contributed by atoms with Crippen LogP contribution in [0.15, 0.2) is 48.8 Å². The molecule has 2 amide bonds. The minimum Gasteiger partial charge on any atom is -0.494 e. The Morgan fingerprint density at radius 2 is 1.98 bits per heavy atom. The quantitative estimate of drug-likeness (QED) is 0.205. The summed E-state index contributed by atoms with van der Waals surface area (Å²) in [6.45, 7) is 6.49. The molecular formula is C33H41FN8O4. The fraction of sp³-hybridized carbons (Fsp3) is 0.455. The van der Waals surface area contributed by atoms with Crippen molar-refractivity contribution in [1.29, 1.82) is 5.26 Å². The molecule has 2 saturated heterocycles. The highest BCUT2D eigenvalue weighted by molar-refractivity contribution is 6.06. The lowest BCUT2D eigenvalue weighted by Crippen LogP contribution is -2.40. The van der Waals surface area contributed by atoms with E-state index >= 15 is 0 Å². The topological polar surface area (TPSA) is 144 Å². The molecule has 5 rings (SSSR count). The lowest BCUT2D eigenvalue weighted by molar-refractivity contribution is -0.107. The third kappa shape index (κ3) is 10.00. The number of nitrogens with zero attached hydrogens (tertiary/aromatic N) is 6. The number of nitriles is 1. The van der Waals surface area contributed by atoms with Crippen LogP contribution in [0.5, 0.6) is 5.75 Å². The van der Waals surface area contributed by atoms with Crippen molar-refractivity contribution in [3.63, 3.8) is 0 Å². The largest absolute Gasteiger partial charge is 0.494 e. The zero-order chi connectivity index (χ0) is 32.7. The minimum atomic E-state index is -0.609. The molecule has 4 heterocycles. The first-order valence-electron chi connectivity index (χ1n) is 15.6. The Bertz CT molecular complexity index is 1500. The van der Waals surface area contributed by atoms with Crippen molar-refractivity contribution in [3.05, 3.63) is 65.9 Å². The highest BCUT2D eigenvalue weighted by Gasteiger charge is 2.20. The summed E-state index contributed by atoms with van der Waals surface area (Å²) in [6.07, 6.45) is 6.49. The van der Waals surface area contributed by atoms with Gasteiger partial charge in [-0.3, -0.25) is 19.5 Å². The normalized spacial score (nSPS) is 17.5. The van der Waals surface area contributed by atoms with E-state index in [2.05, 4.69) is 36.5 Å². The molecule has 2 aliphatic rings. The van der Waals surface area contributed by atoms with Crippen LogP contribution >= 0.6 is 0 Å². The van der Waals surface area contributed by atoms with Crippen LogP contribution in [0.3, 0.4) is 0 Å². The molecule has 2 fully saturated rings. The summed E-state index contributed by atoms with van der Waals surface area (Å²) in [5, 5.41) is 15.0. The molecule has 0 spiro atoms. The van der Waals surface area contributed by atoms with Gasteiger partial charge in [0.1, 0.15) is 12.0 Å². The van der Waals surface area contributed by atoms with Gasteiger partial charge in [-0.2, -0.15) is 9.65 Å². The Hall–Kier alpha value is -4.51. The van der Waals surface area contributed by atoms with E-state index in [1.54, 1.807) is 29.3 Å². The Morgan fingerprint density at radius 1 is 1.13 bits per heavy atom. The molecule has 2 aromatic heterocycles. The van der Waals surface area contributed by atoms with Gasteiger partial charge in [-0.1, -0.05) is 0 Å². The van der Waals surface area contributed by atoms with Crippen LogP contribution in [0.25, 0.3) is 10.9 Å². The van der Waals surface area contributed by atoms with Crippen LogP contribution in [0.1, 0.15) is 40.0 Å². The number of aldehydes is 1. The molecule has 46 heavy (non-hydrogen) atoms. The van der Waals surface area contributed by atoms with Gasteiger partial charge < -0.3 is 30.0 Å². The van der Waals surface area contributed by atoms with Crippen molar-refractivity contribution in [2.75, 3.05) is 72.6 Å². The van der Waals surface area contributed by atoms with E-state index in [9.17, 15) is 18.8 Å². The molecule has 2 N–H and O–H groups in total. The van der Waals surface area contributed by atoms with Crippen LogP contribution in [0.4, 0.5) is 4.39 Å². The third-order valence-corrected chi connectivity index (χ3v) is 7.97. The summed E-state index contributed by atoms with van der Waals surface area (Å²) in [4.78, 5) is 49.9. The van der Waals surface area contributed by atoms with E-state index in [1.165, 1.54) is 24.8 Å². The van der Waals surface area contributed by atoms with E-state index in [4.69, 9.17) is 10.00 Å². The number of pyridine rings is 2. The SMILES string of the molecule is CN1CCCC1C#N.O=CCNC(=O)c1ccnc2ccc(OCCCN3CCNCCN(C(=O)c4ccc(F)nc4)CC3)cc12. The number of hydrogen-bond donors (Lipinski definition) is 2. The van der Waals surface area contributed by atoms with Crippen LogP contribution in [0, 0.1) is 17.3 Å². The summed E-state index contributed by atoms with van der Waals surface area (Å²) in [5.41, 5.74) is 1.47. The number of amides is 2. The van der Waals surface area contributed by atoms with Gasteiger partial charge >= 0.3 is 0 Å². The molecule has 2 aliphatic heterocycles. The predicted octanol–water partition coefficient (Wildman–Crippen LogP) is 2.12. The van der Waals surface area contributed by atoms with Gasteiger partial charge in [-0.15, -0.1) is 0 Å². The minimum absolute atomic E-state index is 0.0553. The maximum atomic E-state index is 13.1. The monoisotopic (exact) mass is 632 g/mol. The number of nitrogens with one attached hydrogen (secondary N) is 2. The van der Waals surface area contributed by atoms with E-state index in [0.717, 1.165) is 39.0 Å². The molecule has 0 saturated carbocycles. The lowest BCUT2D eigenvalue weighted by atomic mass is 10.1. The number of benzene rings is 1. The average molecular weight is 633 g/mol. The second kappa shape index (κ2) is 17.8. The van der Waals surface area contributed by atoms with E-state index < -0.39 is 5.95 Å². The van der Waals surface area contributed by atoms with E-state index in [1.807, 2.05) is 13.1 Å². The zero-order valence-corrected chi connectivity index (χ0v) is 26.2. The van der Waals surface area contributed by atoms with Crippen LogP contribution < -0.4 is 15.4 Å². The first-order chi connectivity index (χ1) is 22.4. The number of halogens is 1. The van der Waals surface area contributed by atoms with Gasteiger partial charge in [-0.25, -0.2) is 4.98 Å². The predicted molar refractivity (Wildman–Crippen MR) is 171 cm³/mol. The molecule has 244 valence electrons. The average Bonchev–Trinajstić information content (AvgIpc) is 3.54. The van der Waals surface area contributed by atoms with Crippen molar-refractivity contribution in [1.82, 2.24) is 35.3 Å². The van der Waals surface area contributed by atoms with Crippen LogP contribution in [-0.2, 0) is 4.79 Å². The molecule has 0 bridgehead atoms. The van der Waals surface area contributed by atoms with Crippen molar-refractivity contribution in [3.8, 4) is 11.8 Å². The van der Waals surface area contributed by atoms with E-state index in [0.29, 0.717) is 66.9 Å². The summed E-state index contributed by atoms with van der Waals surface area (Å²) < 4.78 is 19.1. The second-order valence-corrected chi connectivity index (χ2v) is 11.1. The number of carbonyl (C=O) groups excluding carboxylic acids is 3. The standard InChI is InChI=1S/C27H31FN6O4.C6H10N2/c28-25-5-2-20(19-32-25)27(37)34-13-9-29-8-12-33(14-15-34)11-1-17-38-21-3-4-24-23(18-21)22(6-7-30-24)26(36)31-10-16-35;1-8-4-2-3-6(8)5-7/h2-7,16,18-19,29H,1,8-15,17H2,(H,31,36);6H,2-4H2,1H3. The Balaban J connectivity index is 0.000000523. The second-order valence-electron chi connectivity index (χ2n) is 11.1. The molecular weight excluding hydrogens is 591 g/mol. The Kier molecular flexibility index (Phi) is 13.3. The summed E-state index contributed by atoms with van der Waals surface area (Å²) in [7, 11) is 2.00. The Labute approximate surface area is 268 Å². The number of ether oxygens (including phenoxy) is 1. The molecule has 12 nitrogen and oxygen atoms in total. The first kappa shape index (κ1) is 34.4. The molecule has 13 heteroatoms. The molecule has 0 radical (unpaired) electrons. The van der Waals surface area contributed by atoms with Crippen molar-refractivity contribution < 1.29 is 23.5 Å². The molecule has 0 aliphatic carbocycles. The van der Waals surface area contributed by atoms with Crippen molar-refractivity contribution in [2.45, 2.75) is 25.3 Å². The fourth-order valence-corrected chi connectivity index (χ4v) is 5.37. The van der Waals surface area contributed by atoms with E-state index in [-0.39, 0.29) is 24.4 Å². The number of hydrogen-bond acceptors (Lipinski definition) is 10. The van der Waals surface area contributed by atoms with Gasteiger partial charge in [0.25, 0.3) is 11.8 Å². The zero-order valence-electron chi connectivity index (χ0n) is 26.2. The number of aromatic nitrogens is 2. The van der Waals surface area contributed by atoms with Crippen molar-refractivity contribution in [2.24, 2.45) is 0 Å². The highest BCUT2D eigenvalue weighted by Crippen LogP contribution is 2.23. The third-order valence-electron chi connectivity index (χ3n) is 7.97. The Morgan fingerprint density at radius 3 is 2.70 bits per heavy atom. The van der Waals surface area contributed by atoms with Gasteiger partial charge in [0.15, 0.2) is 0 Å². The smallest absolute Gasteiger partial charge is 0.255 e. The highest BCUT2D eigenvalue weighted by atomic mass is 19.1. The maximum absolute atomic E-state index is 13.1. The molecule has 1 aromatic carbocycles. The van der Waals surface area contributed by atoms with Gasteiger partial charge in [-0.05, 0) is 69.3 Å². The maximum Gasteiger partial charge on any atom is 0.255 e. The van der Waals surface area contributed by atoms with Crippen LogP contribution in [-0.4, -0.2) is 121 Å². The van der Waals surface area contributed by atoms with Gasteiger partial charge in [0.05, 0.1) is 41.9 Å². The summed E-state index contributed by atoms with van der Waals surface area (Å²) in [6, 6.07) is 12.1. The number of rotatable bonds is 9. The number of likely N-dealkylation sites (tertiary alicyclic amines) is 1. The fourth-order valence-electron chi connectivity index (χ4n) is 5.37. The summed E-state index contributed by atoms with van der Waals surface area (Å²) >= 11 is 0. The molecule has 1 unspecified atom stereocenters. The van der Waals surface area contributed by atoms with Crippen molar-refractivity contribution >= 4 is 29.0 Å². The number of fused-ring (bicyclic) bond motifs is 1. The summed E-state index contributed by atoms with van der Waals surface area (Å²) in [5.74, 6) is -0.478. The van der Waals surface area contributed by atoms with Gasteiger partial charge in [0.2, 0.25) is 5.95 Å². The number of carbonyl (C=O) groups is 3. The van der Waals surface area contributed by atoms with Crippen LogP contribution in [0.2, 0.25) is 0 Å². The van der Waals surface area contributed by atoms with Gasteiger partial charge in [0, 0.05) is 63.6 Å². The molecule has 1 atom stereocenters. The first-order valence-corrected chi connectivity index (χ1v) is 15.6.